The Morgan fingerprint density at radius 3 is 2.40 bits per heavy atom. The maximum atomic E-state index is 13.6. The molecule has 0 atom stereocenters. The van der Waals surface area contributed by atoms with Crippen LogP contribution in [0.1, 0.15) is 75.3 Å². The highest BCUT2D eigenvalue weighted by Gasteiger charge is 2.20. The van der Waals surface area contributed by atoms with Gasteiger partial charge >= 0.3 is 0 Å². The van der Waals surface area contributed by atoms with Gasteiger partial charge in [0.1, 0.15) is 11.9 Å². The van der Waals surface area contributed by atoms with Crippen LogP contribution in [0.25, 0.3) is 0 Å². The molecule has 0 unspecified atom stereocenters. The maximum Gasteiger partial charge on any atom is 0.141 e. The van der Waals surface area contributed by atoms with Crippen LogP contribution in [0.5, 0.6) is 0 Å². The molecule has 2 rings (SSSR count). The van der Waals surface area contributed by atoms with E-state index in [-0.39, 0.29) is 5.56 Å². The Balaban J connectivity index is 1.61. The molecule has 0 aliphatic heterocycles. The topological polar surface area (TPSA) is 23.8 Å². The third kappa shape index (κ3) is 6.98. The van der Waals surface area contributed by atoms with Crippen molar-refractivity contribution in [1.29, 1.82) is 5.26 Å². The first-order chi connectivity index (χ1) is 12.2. The van der Waals surface area contributed by atoms with E-state index in [2.05, 4.69) is 0 Å². The van der Waals surface area contributed by atoms with Gasteiger partial charge in [0.05, 0.1) is 11.9 Å². The molecule has 0 radical (unpaired) electrons. The number of rotatable bonds is 9. The number of aryl methyl sites for hydroxylation is 1. The lowest BCUT2D eigenvalue weighted by molar-refractivity contribution is 0.249. The van der Waals surface area contributed by atoms with Crippen LogP contribution in [0.15, 0.2) is 30.6 Å². The zero-order valence-corrected chi connectivity index (χ0v) is 15.0. The molecule has 0 saturated heterocycles. The Labute approximate surface area is 150 Å². The quantitative estimate of drug-likeness (QED) is 0.448. The van der Waals surface area contributed by atoms with Gasteiger partial charge in [0.25, 0.3) is 0 Å². The molecule has 1 aliphatic rings. The second-order valence-electron chi connectivity index (χ2n) is 7.35. The molecule has 136 valence electrons. The SMILES string of the molecule is N#Cc1ccc(CC[C@H]2CC[C@H](CCCCCC=CF)CC2)cc1F. The van der Waals surface area contributed by atoms with E-state index in [1.54, 1.807) is 12.1 Å². The van der Waals surface area contributed by atoms with Crippen LogP contribution in [-0.2, 0) is 6.42 Å². The van der Waals surface area contributed by atoms with E-state index in [1.807, 2.05) is 12.1 Å². The summed E-state index contributed by atoms with van der Waals surface area (Å²) in [5.41, 5.74) is 1.13. The minimum absolute atomic E-state index is 0.130. The van der Waals surface area contributed by atoms with Crippen molar-refractivity contribution in [1.82, 2.24) is 0 Å². The minimum atomic E-state index is -0.397. The van der Waals surface area contributed by atoms with Crippen LogP contribution in [0, 0.1) is 29.0 Å². The summed E-state index contributed by atoms with van der Waals surface area (Å²) >= 11 is 0. The molecule has 25 heavy (non-hydrogen) atoms. The third-order valence-electron chi connectivity index (χ3n) is 5.53. The second-order valence-corrected chi connectivity index (χ2v) is 7.35. The standard InChI is InChI=1S/C22H29F2N/c23-15-5-3-1-2-4-6-18-7-9-19(10-8-18)11-12-20-13-14-21(17-25)22(24)16-20/h5,13-16,18-19H,1-4,6-12H2/t18-,19-. The zero-order chi connectivity index (χ0) is 17.9. The Morgan fingerprint density at radius 1 is 1.04 bits per heavy atom. The zero-order valence-electron chi connectivity index (χ0n) is 15.0. The number of hydrogen-bond acceptors (Lipinski definition) is 1. The van der Waals surface area contributed by atoms with Gasteiger partial charge < -0.3 is 0 Å². The summed E-state index contributed by atoms with van der Waals surface area (Å²) in [5, 5.41) is 8.78. The fourth-order valence-corrected chi connectivity index (χ4v) is 3.92. The molecule has 1 aliphatic carbocycles. The summed E-state index contributed by atoms with van der Waals surface area (Å²) in [6.07, 6.45) is 15.2. The molecule has 1 aromatic carbocycles. The number of nitriles is 1. The van der Waals surface area contributed by atoms with E-state index in [0.29, 0.717) is 6.33 Å². The summed E-state index contributed by atoms with van der Waals surface area (Å²) in [7, 11) is 0. The van der Waals surface area contributed by atoms with Crippen molar-refractivity contribution in [2.24, 2.45) is 11.8 Å². The summed E-state index contributed by atoms with van der Waals surface area (Å²) < 4.78 is 25.5. The van der Waals surface area contributed by atoms with Gasteiger partial charge in [-0.1, -0.05) is 57.1 Å². The number of allylic oxidation sites excluding steroid dienone is 1. The van der Waals surface area contributed by atoms with E-state index in [9.17, 15) is 8.78 Å². The predicted octanol–water partition coefficient (Wildman–Crippen LogP) is 6.87. The molecule has 0 spiro atoms. The van der Waals surface area contributed by atoms with E-state index < -0.39 is 5.82 Å². The highest BCUT2D eigenvalue weighted by atomic mass is 19.1. The van der Waals surface area contributed by atoms with Gasteiger partial charge in [-0.15, -0.1) is 0 Å². The van der Waals surface area contributed by atoms with Crippen LogP contribution < -0.4 is 0 Å². The molecule has 0 heterocycles. The Morgan fingerprint density at radius 2 is 1.76 bits per heavy atom. The fraction of sp³-hybridized carbons (Fsp3) is 0.591. The first kappa shape index (κ1) is 19.6. The second kappa shape index (κ2) is 11.0. The molecule has 0 bridgehead atoms. The lowest BCUT2D eigenvalue weighted by Crippen LogP contribution is -2.15. The minimum Gasteiger partial charge on any atom is -0.216 e. The van der Waals surface area contributed by atoms with Crippen LogP contribution in [0.4, 0.5) is 8.78 Å². The third-order valence-corrected chi connectivity index (χ3v) is 5.53. The Hall–Kier alpha value is -1.69. The van der Waals surface area contributed by atoms with Crippen molar-refractivity contribution >= 4 is 0 Å². The van der Waals surface area contributed by atoms with E-state index in [0.717, 1.165) is 43.1 Å². The van der Waals surface area contributed by atoms with Crippen LogP contribution in [-0.4, -0.2) is 0 Å². The van der Waals surface area contributed by atoms with E-state index >= 15 is 0 Å². The summed E-state index contributed by atoms with van der Waals surface area (Å²) in [6.45, 7) is 0. The number of halogens is 2. The van der Waals surface area contributed by atoms with Crippen molar-refractivity contribution < 1.29 is 8.78 Å². The molecule has 3 heteroatoms. The smallest absolute Gasteiger partial charge is 0.141 e. The Kier molecular flexibility index (Phi) is 8.66. The molecule has 0 amide bonds. The molecule has 1 fully saturated rings. The van der Waals surface area contributed by atoms with Crippen molar-refractivity contribution in [3.8, 4) is 6.07 Å². The van der Waals surface area contributed by atoms with Gasteiger partial charge in [0, 0.05) is 0 Å². The van der Waals surface area contributed by atoms with Gasteiger partial charge in [-0.05, 0) is 55.2 Å². The average Bonchev–Trinajstić information content (AvgIpc) is 2.64. The molecule has 1 nitrogen and oxygen atoms in total. The lowest BCUT2D eigenvalue weighted by Gasteiger charge is -2.28. The van der Waals surface area contributed by atoms with Crippen molar-refractivity contribution in [2.45, 2.75) is 70.6 Å². The number of benzene rings is 1. The van der Waals surface area contributed by atoms with Gasteiger partial charge in [-0.25, -0.2) is 8.78 Å². The first-order valence-corrected chi connectivity index (χ1v) is 9.66. The van der Waals surface area contributed by atoms with Crippen molar-refractivity contribution in [3.63, 3.8) is 0 Å². The maximum absolute atomic E-state index is 13.6. The van der Waals surface area contributed by atoms with Crippen LogP contribution in [0.2, 0.25) is 0 Å². The first-order valence-electron chi connectivity index (χ1n) is 9.66. The summed E-state index contributed by atoms with van der Waals surface area (Å²) in [4.78, 5) is 0. The van der Waals surface area contributed by atoms with Gasteiger partial charge in [0.2, 0.25) is 0 Å². The lowest BCUT2D eigenvalue weighted by atomic mass is 9.77. The van der Waals surface area contributed by atoms with Crippen molar-refractivity contribution in [3.05, 3.63) is 47.5 Å². The average molecular weight is 345 g/mol. The molecular formula is C22H29F2N. The predicted molar refractivity (Wildman–Crippen MR) is 98.2 cm³/mol. The normalized spacial score (nSPS) is 20.7. The molecule has 0 aromatic heterocycles. The fourth-order valence-electron chi connectivity index (χ4n) is 3.92. The molecule has 1 aromatic rings. The largest absolute Gasteiger partial charge is 0.216 e. The number of hydrogen-bond donors (Lipinski definition) is 0. The van der Waals surface area contributed by atoms with Gasteiger partial charge in [-0.2, -0.15) is 5.26 Å². The highest BCUT2D eigenvalue weighted by Crippen LogP contribution is 2.34. The highest BCUT2D eigenvalue weighted by molar-refractivity contribution is 5.33. The summed E-state index contributed by atoms with van der Waals surface area (Å²) in [6, 6.07) is 6.85. The Bertz CT molecular complexity index is 580. The van der Waals surface area contributed by atoms with Gasteiger partial charge in [-0.3, -0.25) is 0 Å². The summed E-state index contributed by atoms with van der Waals surface area (Å²) in [5.74, 6) is 1.22. The van der Waals surface area contributed by atoms with Crippen molar-refractivity contribution in [2.75, 3.05) is 0 Å². The molecule has 1 saturated carbocycles. The molecular weight excluding hydrogens is 316 g/mol. The van der Waals surface area contributed by atoms with Crippen LogP contribution >= 0.6 is 0 Å². The van der Waals surface area contributed by atoms with Gasteiger partial charge in [0.15, 0.2) is 0 Å². The van der Waals surface area contributed by atoms with E-state index in [1.165, 1.54) is 51.0 Å². The number of nitrogens with zero attached hydrogens (tertiary/aromatic N) is 1. The van der Waals surface area contributed by atoms with Crippen LogP contribution in [0.3, 0.4) is 0 Å². The van der Waals surface area contributed by atoms with E-state index in [4.69, 9.17) is 5.26 Å². The molecule has 0 N–H and O–H groups in total. The monoisotopic (exact) mass is 345 g/mol. The number of unbranched alkanes of at least 4 members (excludes halogenated alkanes) is 3.